The van der Waals surface area contributed by atoms with Gasteiger partial charge in [0.1, 0.15) is 0 Å². The van der Waals surface area contributed by atoms with Crippen LogP contribution in [0.3, 0.4) is 0 Å². The van der Waals surface area contributed by atoms with Gasteiger partial charge in [0.15, 0.2) is 0 Å². The second-order valence-corrected chi connectivity index (χ2v) is 9.40. The zero-order valence-electron chi connectivity index (χ0n) is 12.5. The van der Waals surface area contributed by atoms with Crippen LogP contribution in [0, 0.1) is 0 Å². The Morgan fingerprint density at radius 2 is 0.882 bits per heavy atom. The van der Waals surface area contributed by atoms with Crippen LogP contribution < -0.4 is 0 Å². The maximum absolute atomic E-state index is 10.9. The van der Waals surface area contributed by atoms with Crippen molar-refractivity contribution >= 4 is 18.4 Å². The Hall–Kier alpha value is 0.600. The molecular formula is C12H30ClN2OP. The standard InChI is InChI=1S/C12H30ClN2OP/c1-9(2)14(10(3)4)17(13,16)15(11(5)6)12(7)8/h9-12,16-17H,1-8H3. The fourth-order valence-electron chi connectivity index (χ4n) is 2.64. The summed E-state index contributed by atoms with van der Waals surface area (Å²) in [5.74, 6) is 0. The molecule has 0 saturated carbocycles. The number of halogens is 1. The molecule has 0 rings (SSSR count). The first-order valence-electron chi connectivity index (χ1n) is 6.51. The van der Waals surface area contributed by atoms with Crippen molar-refractivity contribution in [3.63, 3.8) is 0 Å². The van der Waals surface area contributed by atoms with Crippen LogP contribution in [0.15, 0.2) is 0 Å². The van der Waals surface area contributed by atoms with Gasteiger partial charge in [0.25, 0.3) is 0 Å². The van der Waals surface area contributed by atoms with Crippen LogP contribution in [0.2, 0.25) is 0 Å². The molecule has 0 aliphatic carbocycles. The fraction of sp³-hybridized carbons (Fsp3) is 1.00. The molecule has 0 heterocycles. The maximum atomic E-state index is 10.9. The van der Waals surface area contributed by atoms with Crippen LogP contribution in [-0.4, -0.2) is 38.4 Å². The Balaban J connectivity index is 5.30. The molecule has 0 spiro atoms. The Bertz CT molecular complexity index is 195. The van der Waals surface area contributed by atoms with Crippen molar-refractivity contribution in [2.45, 2.75) is 79.6 Å². The van der Waals surface area contributed by atoms with E-state index in [2.05, 4.69) is 64.7 Å². The third-order valence-electron chi connectivity index (χ3n) is 2.88. The summed E-state index contributed by atoms with van der Waals surface area (Å²) in [6.07, 6.45) is 0. The second-order valence-electron chi connectivity index (χ2n) is 5.74. The molecule has 3 nitrogen and oxygen atoms in total. The fourth-order valence-corrected chi connectivity index (χ4v) is 7.88. The van der Waals surface area contributed by atoms with Crippen LogP contribution in [0.5, 0.6) is 0 Å². The molecule has 0 saturated heterocycles. The van der Waals surface area contributed by atoms with E-state index >= 15 is 0 Å². The zero-order valence-corrected chi connectivity index (χ0v) is 14.3. The molecule has 106 valence electrons. The predicted molar refractivity (Wildman–Crippen MR) is 80.6 cm³/mol. The van der Waals surface area contributed by atoms with E-state index in [1.54, 1.807) is 0 Å². The molecule has 0 fully saturated rings. The van der Waals surface area contributed by atoms with E-state index in [1.807, 2.05) is 0 Å². The van der Waals surface area contributed by atoms with Gasteiger partial charge in [-0.15, -0.1) is 0 Å². The van der Waals surface area contributed by atoms with E-state index < -0.39 is 7.14 Å². The number of hydrogen-bond donors (Lipinski definition) is 1. The molecule has 5 heteroatoms. The zero-order chi connectivity index (χ0) is 14.0. The van der Waals surface area contributed by atoms with Crippen molar-refractivity contribution in [3.8, 4) is 0 Å². The van der Waals surface area contributed by atoms with E-state index in [0.717, 1.165) is 0 Å². The van der Waals surface area contributed by atoms with Crippen LogP contribution >= 0.6 is 18.4 Å². The monoisotopic (exact) mass is 284 g/mol. The van der Waals surface area contributed by atoms with Crippen molar-refractivity contribution in [2.75, 3.05) is 0 Å². The summed E-state index contributed by atoms with van der Waals surface area (Å²) in [5.41, 5.74) is 0. The molecule has 17 heavy (non-hydrogen) atoms. The van der Waals surface area contributed by atoms with Gasteiger partial charge in [0.05, 0.1) is 0 Å². The molecule has 0 bridgehead atoms. The van der Waals surface area contributed by atoms with Crippen molar-refractivity contribution < 1.29 is 4.89 Å². The van der Waals surface area contributed by atoms with Crippen molar-refractivity contribution in [3.05, 3.63) is 0 Å². The average Bonchev–Trinajstić information content (AvgIpc) is 1.96. The van der Waals surface area contributed by atoms with E-state index in [4.69, 9.17) is 11.2 Å². The summed E-state index contributed by atoms with van der Waals surface area (Å²) in [5, 5.41) is 0. The predicted octanol–water partition coefficient (Wildman–Crippen LogP) is 3.87. The van der Waals surface area contributed by atoms with E-state index in [1.165, 1.54) is 0 Å². The van der Waals surface area contributed by atoms with E-state index in [0.29, 0.717) is 0 Å². The van der Waals surface area contributed by atoms with Crippen LogP contribution in [0.25, 0.3) is 0 Å². The van der Waals surface area contributed by atoms with Gasteiger partial charge in [-0.2, -0.15) is 0 Å². The Morgan fingerprint density at radius 3 is 1.00 bits per heavy atom. The third kappa shape index (κ3) is 4.33. The molecule has 0 aromatic carbocycles. The minimum absolute atomic E-state index is 0.240. The number of hydrogen-bond acceptors (Lipinski definition) is 3. The summed E-state index contributed by atoms with van der Waals surface area (Å²) in [7, 11) is -3.08. The van der Waals surface area contributed by atoms with E-state index in [-0.39, 0.29) is 24.2 Å². The molecule has 0 radical (unpaired) electrons. The first-order chi connectivity index (χ1) is 7.53. The van der Waals surface area contributed by atoms with Gasteiger partial charge in [-0.1, -0.05) is 0 Å². The van der Waals surface area contributed by atoms with Crippen LogP contribution in [-0.2, 0) is 0 Å². The summed E-state index contributed by atoms with van der Waals surface area (Å²) in [6, 6.07) is 0.960. The molecule has 0 amide bonds. The van der Waals surface area contributed by atoms with Gasteiger partial charge < -0.3 is 0 Å². The molecule has 0 atom stereocenters. The van der Waals surface area contributed by atoms with Gasteiger partial charge in [-0.3, -0.25) is 0 Å². The number of rotatable bonds is 6. The summed E-state index contributed by atoms with van der Waals surface area (Å²) < 4.78 is 4.13. The van der Waals surface area contributed by atoms with E-state index in [9.17, 15) is 4.89 Å². The van der Waals surface area contributed by atoms with Crippen molar-refractivity contribution in [1.82, 2.24) is 9.34 Å². The third-order valence-corrected chi connectivity index (χ3v) is 7.43. The van der Waals surface area contributed by atoms with Crippen LogP contribution in [0.4, 0.5) is 0 Å². The van der Waals surface area contributed by atoms with Crippen LogP contribution in [0.1, 0.15) is 55.4 Å². The van der Waals surface area contributed by atoms with Crippen molar-refractivity contribution in [2.24, 2.45) is 0 Å². The topological polar surface area (TPSA) is 26.7 Å². The Labute approximate surface area is 112 Å². The molecule has 0 aromatic rings. The molecule has 1 N–H and O–H groups in total. The summed E-state index contributed by atoms with van der Waals surface area (Å²) in [4.78, 5) is 10.9. The average molecular weight is 285 g/mol. The summed E-state index contributed by atoms with van der Waals surface area (Å²) in [6.45, 7) is 16.7. The Morgan fingerprint density at radius 1 is 0.706 bits per heavy atom. The SMILES string of the molecule is CC(C)N(C(C)C)[PH](O)(Cl)N(C(C)C)C(C)C. The van der Waals surface area contributed by atoms with Gasteiger partial charge >= 0.3 is 112 Å². The molecule has 0 aliphatic heterocycles. The molecule has 0 aromatic heterocycles. The number of nitrogens with zero attached hydrogens (tertiary/aromatic N) is 2. The molecule has 0 aliphatic rings. The first-order valence-corrected chi connectivity index (χ1v) is 9.36. The van der Waals surface area contributed by atoms with Gasteiger partial charge in [-0.05, 0) is 0 Å². The Kier molecular flexibility index (Phi) is 6.91. The molecule has 0 unspecified atom stereocenters. The van der Waals surface area contributed by atoms with Gasteiger partial charge in [0, 0.05) is 0 Å². The van der Waals surface area contributed by atoms with Gasteiger partial charge in [-0.25, -0.2) is 0 Å². The first kappa shape index (κ1) is 17.6. The second kappa shape index (κ2) is 6.68. The quantitative estimate of drug-likeness (QED) is 0.750. The minimum atomic E-state index is -3.08. The normalized spacial score (nSPS) is 15.1. The molecular weight excluding hydrogens is 255 g/mol. The van der Waals surface area contributed by atoms with Crippen molar-refractivity contribution in [1.29, 1.82) is 0 Å². The van der Waals surface area contributed by atoms with Gasteiger partial charge in [0.2, 0.25) is 0 Å². The summed E-state index contributed by atoms with van der Waals surface area (Å²) >= 11 is 6.59.